The third-order valence-corrected chi connectivity index (χ3v) is 5.74. The van der Waals surface area contributed by atoms with Gasteiger partial charge in [-0.3, -0.25) is 4.21 Å². The molecule has 0 spiro atoms. The van der Waals surface area contributed by atoms with E-state index >= 15 is 0 Å². The number of nitrogens with one attached hydrogen (secondary N) is 1. The summed E-state index contributed by atoms with van der Waals surface area (Å²) in [5.74, 6) is 4.11. The molecule has 0 saturated heterocycles. The molecule has 1 unspecified atom stereocenters. The van der Waals surface area contributed by atoms with Crippen molar-refractivity contribution in [3.05, 3.63) is 76.7 Å². The van der Waals surface area contributed by atoms with Gasteiger partial charge in [-0.15, -0.1) is 0 Å². The molecular weight excluding hydrogens is 333 g/mol. The van der Waals surface area contributed by atoms with E-state index in [1.165, 1.54) is 6.07 Å². The quantitative estimate of drug-likeness (QED) is 0.701. The van der Waals surface area contributed by atoms with Gasteiger partial charge in [-0.2, -0.15) is 0 Å². The first-order valence-electron chi connectivity index (χ1n) is 8.30. The van der Waals surface area contributed by atoms with E-state index in [9.17, 15) is 8.60 Å². The van der Waals surface area contributed by atoms with Crippen LogP contribution in [0.2, 0.25) is 0 Å². The molecule has 1 heterocycles. The molecule has 1 aliphatic carbocycles. The van der Waals surface area contributed by atoms with Crippen molar-refractivity contribution in [3.63, 3.8) is 0 Å². The van der Waals surface area contributed by atoms with Crippen molar-refractivity contribution in [1.29, 1.82) is 0 Å². The molecule has 1 aromatic heterocycles. The molecule has 4 heteroatoms. The molecular formula is C21H20FNOS. The lowest BCUT2D eigenvalue weighted by Crippen LogP contribution is -2.05. The summed E-state index contributed by atoms with van der Waals surface area (Å²) in [6.45, 7) is 0. The molecule has 0 bridgehead atoms. The maximum atomic E-state index is 13.4. The normalized spacial score (nSPS) is 15.8. The third-order valence-electron chi connectivity index (χ3n) is 4.67. The van der Waals surface area contributed by atoms with Gasteiger partial charge < -0.3 is 4.98 Å². The van der Waals surface area contributed by atoms with Crippen molar-refractivity contribution in [1.82, 2.24) is 4.98 Å². The van der Waals surface area contributed by atoms with Crippen molar-refractivity contribution in [2.45, 2.75) is 12.8 Å². The number of aromatic amines is 1. The number of halogens is 1. The number of allylic oxidation sites excluding steroid dienone is 1. The van der Waals surface area contributed by atoms with Gasteiger partial charge in [0, 0.05) is 28.6 Å². The van der Waals surface area contributed by atoms with E-state index in [4.69, 9.17) is 0 Å². The number of hydrogen-bond acceptors (Lipinski definition) is 1. The fourth-order valence-corrected chi connectivity index (χ4v) is 4.06. The van der Waals surface area contributed by atoms with E-state index < -0.39 is 9.52 Å². The van der Waals surface area contributed by atoms with E-state index in [1.807, 2.05) is 6.07 Å². The zero-order valence-corrected chi connectivity index (χ0v) is 15.0. The Morgan fingerprint density at radius 3 is 2.84 bits per heavy atom. The molecule has 0 amide bonds. The van der Waals surface area contributed by atoms with Crippen LogP contribution in [0, 0.1) is 5.82 Å². The topological polar surface area (TPSA) is 32.9 Å². The molecule has 4 rings (SSSR count). The first-order valence-corrected chi connectivity index (χ1v) is 10.6. The third kappa shape index (κ3) is 3.27. The fourth-order valence-electron chi connectivity index (χ4n) is 3.41. The molecule has 0 aliphatic heterocycles. The highest BCUT2D eigenvalue weighted by atomic mass is 32.2. The van der Waals surface area contributed by atoms with Crippen LogP contribution in [0.1, 0.15) is 22.4 Å². The predicted octanol–water partition coefficient (Wildman–Crippen LogP) is 4.18. The van der Waals surface area contributed by atoms with Crippen LogP contribution in [0.3, 0.4) is 0 Å². The number of aryl methyl sites for hydroxylation is 1. The van der Waals surface area contributed by atoms with Gasteiger partial charge in [0.25, 0.3) is 0 Å². The Bertz CT molecular complexity index is 1110. The highest BCUT2D eigenvalue weighted by Gasteiger charge is 2.16. The SMILES string of the molecule is C=S(C)(=O)CCc1cc2cc(C3=CCc4cc(F)ccc43)ccc2[nH]1. The molecule has 1 atom stereocenters. The Kier molecular flexibility index (Phi) is 3.80. The maximum Gasteiger partial charge on any atom is 0.123 e. The summed E-state index contributed by atoms with van der Waals surface area (Å²) in [6.07, 6.45) is 5.36. The largest absolute Gasteiger partial charge is 0.358 e. The zero-order chi connectivity index (χ0) is 17.6. The van der Waals surface area contributed by atoms with E-state index in [2.05, 4.69) is 41.2 Å². The molecule has 25 heavy (non-hydrogen) atoms. The lowest BCUT2D eigenvalue weighted by molar-refractivity contribution is 0.626. The Morgan fingerprint density at radius 1 is 1.20 bits per heavy atom. The van der Waals surface area contributed by atoms with E-state index in [0.29, 0.717) is 5.75 Å². The fraction of sp³-hybridized carbons (Fsp3) is 0.190. The smallest absolute Gasteiger partial charge is 0.123 e. The second-order valence-electron chi connectivity index (χ2n) is 6.86. The number of H-pyrrole nitrogens is 1. The Morgan fingerprint density at radius 2 is 2.04 bits per heavy atom. The number of rotatable bonds is 4. The van der Waals surface area contributed by atoms with Gasteiger partial charge in [0.15, 0.2) is 0 Å². The summed E-state index contributed by atoms with van der Waals surface area (Å²) in [5.41, 5.74) is 6.60. The van der Waals surface area contributed by atoms with Crippen molar-refractivity contribution < 1.29 is 8.60 Å². The Labute approximate surface area is 147 Å². The number of fused-ring (bicyclic) bond motifs is 2. The van der Waals surface area contributed by atoms with Crippen LogP contribution in [-0.2, 0) is 22.4 Å². The van der Waals surface area contributed by atoms with Crippen molar-refractivity contribution >= 4 is 31.9 Å². The molecule has 2 nitrogen and oxygen atoms in total. The van der Waals surface area contributed by atoms with Gasteiger partial charge >= 0.3 is 0 Å². The summed E-state index contributed by atoms with van der Waals surface area (Å²) < 4.78 is 25.2. The summed E-state index contributed by atoms with van der Waals surface area (Å²) in [7, 11) is -1.98. The van der Waals surface area contributed by atoms with Gasteiger partial charge in [-0.25, -0.2) is 4.39 Å². The summed E-state index contributed by atoms with van der Waals surface area (Å²) in [6, 6.07) is 13.4. The first kappa shape index (κ1) is 16.2. The molecule has 0 fully saturated rings. The highest BCUT2D eigenvalue weighted by molar-refractivity contribution is 7.99. The van der Waals surface area contributed by atoms with Gasteiger partial charge in [0.2, 0.25) is 0 Å². The second kappa shape index (κ2) is 5.88. The van der Waals surface area contributed by atoms with Crippen LogP contribution in [0.15, 0.2) is 48.5 Å². The zero-order valence-electron chi connectivity index (χ0n) is 14.1. The number of benzene rings is 2. The summed E-state index contributed by atoms with van der Waals surface area (Å²) in [5, 5.41) is 1.13. The molecule has 0 radical (unpaired) electrons. The summed E-state index contributed by atoms with van der Waals surface area (Å²) >= 11 is 0. The monoisotopic (exact) mass is 353 g/mol. The minimum Gasteiger partial charge on any atom is -0.358 e. The molecule has 128 valence electrons. The average molecular weight is 353 g/mol. The van der Waals surface area contributed by atoms with Crippen LogP contribution in [0.4, 0.5) is 4.39 Å². The molecule has 2 aromatic carbocycles. The van der Waals surface area contributed by atoms with Gasteiger partial charge in [0.1, 0.15) is 5.82 Å². The minimum atomic E-state index is -1.98. The Hall–Kier alpha value is -2.33. The van der Waals surface area contributed by atoms with Crippen molar-refractivity contribution in [2.24, 2.45) is 0 Å². The first-order chi connectivity index (χ1) is 11.9. The van der Waals surface area contributed by atoms with Crippen LogP contribution in [-0.4, -0.2) is 27.1 Å². The average Bonchev–Trinajstić information content (AvgIpc) is 3.14. The minimum absolute atomic E-state index is 0.183. The lowest BCUT2D eigenvalue weighted by Gasteiger charge is -2.06. The molecule has 1 N–H and O–H groups in total. The Balaban J connectivity index is 1.67. The summed E-state index contributed by atoms with van der Waals surface area (Å²) in [4.78, 5) is 3.39. The standard InChI is InChI=1S/C21H20FNOS/c1-25(2,24)10-9-18-13-16-11-14(4-8-21(16)23-18)19-6-3-15-12-17(22)5-7-20(15)19/h4-8,11-13,23H,1,3,9-10H2,2H3. The number of hydrogen-bond donors (Lipinski definition) is 1. The second-order valence-corrected chi connectivity index (χ2v) is 9.63. The van der Waals surface area contributed by atoms with Gasteiger partial charge in [-0.05, 0) is 80.8 Å². The predicted molar refractivity (Wildman–Crippen MR) is 105 cm³/mol. The molecule has 1 aliphatic rings. The van der Waals surface area contributed by atoms with Crippen LogP contribution >= 0.6 is 0 Å². The molecule has 3 aromatic rings. The van der Waals surface area contributed by atoms with Crippen LogP contribution in [0.5, 0.6) is 0 Å². The van der Waals surface area contributed by atoms with Gasteiger partial charge in [0.05, 0.1) is 0 Å². The van der Waals surface area contributed by atoms with E-state index in [-0.39, 0.29) is 5.82 Å². The van der Waals surface area contributed by atoms with Crippen molar-refractivity contribution in [2.75, 3.05) is 12.0 Å². The molecule has 0 saturated carbocycles. The number of aromatic nitrogens is 1. The van der Waals surface area contributed by atoms with E-state index in [1.54, 1.807) is 12.3 Å². The van der Waals surface area contributed by atoms with Crippen LogP contribution < -0.4 is 0 Å². The van der Waals surface area contributed by atoms with Gasteiger partial charge in [-0.1, -0.05) is 18.2 Å². The van der Waals surface area contributed by atoms with E-state index in [0.717, 1.165) is 51.7 Å². The van der Waals surface area contributed by atoms with Crippen LogP contribution in [0.25, 0.3) is 16.5 Å². The van der Waals surface area contributed by atoms with Crippen molar-refractivity contribution in [3.8, 4) is 0 Å². The maximum absolute atomic E-state index is 13.4. The lowest BCUT2D eigenvalue weighted by atomic mass is 9.98. The highest BCUT2D eigenvalue weighted by Crippen LogP contribution is 2.34.